The monoisotopic (exact) mass is 398 g/mol. The minimum absolute atomic E-state index is 0.782. The molecule has 1 saturated heterocycles. The van der Waals surface area contributed by atoms with Gasteiger partial charge in [0.1, 0.15) is 0 Å². The lowest BCUT2D eigenvalue weighted by Gasteiger charge is -2.31. The number of hydrogen-bond acceptors (Lipinski definition) is 6. The fraction of sp³-hybridized carbons (Fsp3) is 0.444. The molecule has 28 heavy (non-hydrogen) atoms. The molecule has 1 heterocycles. The van der Waals surface area contributed by atoms with Gasteiger partial charge in [-0.2, -0.15) is 0 Å². The van der Waals surface area contributed by atoms with E-state index >= 15 is 0 Å². The Morgan fingerprint density at radius 3 is 1.71 bits per heavy atom. The highest BCUT2D eigenvalue weighted by Gasteiger charge is 2.16. The van der Waals surface area contributed by atoms with Crippen LogP contribution in [0.25, 0.3) is 0 Å². The number of carbonyl (C=O) groups is 4. The normalized spacial score (nSPS) is 13.4. The number of nitrogens with one attached hydrogen (secondary N) is 1. The van der Waals surface area contributed by atoms with E-state index in [1.54, 1.807) is 0 Å². The molecule has 10 heteroatoms. The van der Waals surface area contributed by atoms with Gasteiger partial charge in [-0.05, 0) is 45.0 Å². The summed E-state index contributed by atoms with van der Waals surface area (Å²) < 4.78 is 0. The van der Waals surface area contributed by atoms with Gasteiger partial charge in [0.2, 0.25) is 0 Å². The van der Waals surface area contributed by atoms with Crippen LogP contribution in [0.1, 0.15) is 18.4 Å². The molecule has 1 aliphatic rings. The molecule has 0 aromatic heterocycles. The quantitative estimate of drug-likeness (QED) is 0.443. The van der Waals surface area contributed by atoms with E-state index in [9.17, 15) is 0 Å². The average molecular weight is 398 g/mol. The Morgan fingerprint density at radius 2 is 1.32 bits per heavy atom. The van der Waals surface area contributed by atoms with E-state index in [0.717, 1.165) is 6.04 Å². The minimum Gasteiger partial charge on any atom is -0.473 e. The number of piperidine rings is 1. The molecular weight excluding hydrogens is 372 g/mol. The van der Waals surface area contributed by atoms with Gasteiger partial charge in [0.25, 0.3) is 0 Å². The SMILES string of the molecule is CN(CCc1ccccc1)C1CCNCC1.O=C(O)C(=O)O.O=C(O)C(=O)O. The van der Waals surface area contributed by atoms with Crippen LogP contribution >= 0.6 is 0 Å². The first-order valence-electron chi connectivity index (χ1n) is 8.52. The molecule has 1 aliphatic heterocycles. The van der Waals surface area contributed by atoms with Crippen LogP contribution in [0.4, 0.5) is 0 Å². The molecule has 1 aromatic rings. The Bertz CT molecular complexity index is 582. The predicted molar refractivity (Wildman–Crippen MR) is 99.2 cm³/mol. The summed E-state index contributed by atoms with van der Waals surface area (Å²) in [5, 5.41) is 33.0. The van der Waals surface area contributed by atoms with Gasteiger partial charge < -0.3 is 30.6 Å². The van der Waals surface area contributed by atoms with Crippen molar-refractivity contribution in [2.24, 2.45) is 0 Å². The lowest BCUT2D eigenvalue weighted by Crippen LogP contribution is -2.41. The lowest BCUT2D eigenvalue weighted by molar-refractivity contribution is -0.159. The van der Waals surface area contributed by atoms with Crippen LogP contribution in [-0.2, 0) is 25.6 Å². The maximum absolute atomic E-state index is 9.10. The van der Waals surface area contributed by atoms with Gasteiger partial charge in [-0.3, -0.25) is 0 Å². The van der Waals surface area contributed by atoms with Gasteiger partial charge in [0.05, 0.1) is 0 Å². The average Bonchev–Trinajstić information content (AvgIpc) is 2.68. The van der Waals surface area contributed by atoms with Crippen molar-refractivity contribution in [2.45, 2.75) is 25.3 Å². The second kappa shape index (κ2) is 14.1. The molecule has 0 spiro atoms. The van der Waals surface area contributed by atoms with Gasteiger partial charge in [0, 0.05) is 12.6 Å². The molecule has 156 valence electrons. The van der Waals surface area contributed by atoms with Gasteiger partial charge >= 0.3 is 23.9 Å². The second-order valence-electron chi connectivity index (χ2n) is 5.92. The van der Waals surface area contributed by atoms with Gasteiger partial charge in [0.15, 0.2) is 0 Å². The predicted octanol–water partition coefficient (Wildman–Crippen LogP) is 0.224. The number of carboxylic acid groups (broad SMARTS) is 4. The van der Waals surface area contributed by atoms with Crippen LogP contribution < -0.4 is 5.32 Å². The number of aliphatic carboxylic acids is 4. The number of carboxylic acids is 4. The van der Waals surface area contributed by atoms with Crippen molar-refractivity contribution in [1.82, 2.24) is 10.2 Å². The Morgan fingerprint density at radius 1 is 0.893 bits per heavy atom. The third-order valence-electron chi connectivity index (χ3n) is 3.89. The van der Waals surface area contributed by atoms with Crippen molar-refractivity contribution in [2.75, 3.05) is 26.7 Å². The van der Waals surface area contributed by atoms with Crippen molar-refractivity contribution >= 4 is 23.9 Å². The first-order valence-corrected chi connectivity index (χ1v) is 8.52. The zero-order chi connectivity index (χ0) is 21.5. The summed E-state index contributed by atoms with van der Waals surface area (Å²) >= 11 is 0. The van der Waals surface area contributed by atoms with E-state index in [1.807, 2.05) is 0 Å². The highest BCUT2D eigenvalue weighted by molar-refractivity contribution is 6.27. The van der Waals surface area contributed by atoms with E-state index < -0.39 is 23.9 Å². The summed E-state index contributed by atoms with van der Waals surface area (Å²) in [6.07, 6.45) is 3.76. The lowest BCUT2D eigenvalue weighted by atomic mass is 10.0. The second-order valence-corrected chi connectivity index (χ2v) is 5.92. The van der Waals surface area contributed by atoms with Crippen molar-refractivity contribution in [1.29, 1.82) is 0 Å². The Kier molecular flexibility index (Phi) is 12.6. The molecule has 0 radical (unpaired) electrons. The largest absolute Gasteiger partial charge is 0.473 e. The van der Waals surface area contributed by atoms with Gasteiger partial charge in [-0.15, -0.1) is 0 Å². The van der Waals surface area contributed by atoms with Crippen LogP contribution in [-0.4, -0.2) is 81.9 Å². The van der Waals surface area contributed by atoms with Crippen LogP contribution in [0, 0.1) is 0 Å². The molecule has 0 aliphatic carbocycles. The molecule has 1 fully saturated rings. The molecule has 1 aromatic carbocycles. The molecule has 0 saturated carbocycles. The topological polar surface area (TPSA) is 164 Å². The van der Waals surface area contributed by atoms with Crippen molar-refractivity contribution in [3.8, 4) is 0 Å². The highest BCUT2D eigenvalue weighted by Crippen LogP contribution is 2.10. The molecule has 2 rings (SSSR count). The van der Waals surface area contributed by atoms with Gasteiger partial charge in [-0.25, -0.2) is 19.2 Å². The smallest absolute Gasteiger partial charge is 0.414 e. The Labute approximate surface area is 162 Å². The summed E-state index contributed by atoms with van der Waals surface area (Å²) in [6.45, 7) is 3.54. The Hall–Kier alpha value is -2.98. The minimum atomic E-state index is -1.82. The Balaban J connectivity index is 0.000000505. The zero-order valence-corrected chi connectivity index (χ0v) is 15.6. The van der Waals surface area contributed by atoms with Crippen LogP contribution in [0.3, 0.4) is 0 Å². The molecule has 0 atom stereocenters. The van der Waals surface area contributed by atoms with E-state index in [0.29, 0.717) is 0 Å². The number of likely N-dealkylation sites (N-methyl/N-ethyl adjacent to an activating group) is 1. The molecule has 0 unspecified atom stereocenters. The molecule has 10 nitrogen and oxygen atoms in total. The van der Waals surface area contributed by atoms with Gasteiger partial charge in [-0.1, -0.05) is 30.3 Å². The first-order chi connectivity index (χ1) is 13.1. The van der Waals surface area contributed by atoms with Crippen LogP contribution in [0.5, 0.6) is 0 Å². The first kappa shape index (κ1) is 25.0. The zero-order valence-electron chi connectivity index (χ0n) is 15.6. The molecule has 0 amide bonds. The third kappa shape index (κ3) is 12.4. The maximum atomic E-state index is 9.10. The van der Waals surface area contributed by atoms with E-state index in [2.05, 4.69) is 47.6 Å². The summed E-state index contributed by atoms with van der Waals surface area (Å²) in [4.78, 5) is 38.9. The number of hydrogen-bond donors (Lipinski definition) is 5. The standard InChI is InChI=1S/C14H22N2.2C2H2O4/c1-16(14-7-10-15-11-8-14)12-9-13-5-3-2-4-6-13;2*3-1(4)2(5)6/h2-6,14-15H,7-12H2,1H3;2*(H,3,4)(H,5,6). The fourth-order valence-electron chi connectivity index (χ4n) is 2.38. The summed E-state index contributed by atoms with van der Waals surface area (Å²) in [5.41, 5.74) is 1.45. The molecule has 5 N–H and O–H groups in total. The maximum Gasteiger partial charge on any atom is 0.414 e. The number of rotatable bonds is 4. The summed E-state index contributed by atoms with van der Waals surface area (Å²) in [7, 11) is 2.26. The molecule has 0 bridgehead atoms. The van der Waals surface area contributed by atoms with Crippen molar-refractivity contribution < 1.29 is 39.6 Å². The fourth-order valence-corrected chi connectivity index (χ4v) is 2.38. The van der Waals surface area contributed by atoms with E-state index in [1.165, 1.54) is 44.5 Å². The van der Waals surface area contributed by atoms with Crippen LogP contribution in [0.2, 0.25) is 0 Å². The number of nitrogens with zero attached hydrogens (tertiary/aromatic N) is 1. The van der Waals surface area contributed by atoms with Crippen molar-refractivity contribution in [3.05, 3.63) is 35.9 Å². The highest BCUT2D eigenvalue weighted by atomic mass is 16.4. The number of benzene rings is 1. The summed E-state index contributed by atoms with van der Waals surface area (Å²) in [5.74, 6) is -7.30. The van der Waals surface area contributed by atoms with E-state index in [4.69, 9.17) is 39.6 Å². The molecular formula is C18H26N2O8. The summed E-state index contributed by atoms with van der Waals surface area (Å²) in [6, 6.07) is 11.6. The van der Waals surface area contributed by atoms with E-state index in [-0.39, 0.29) is 0 Å². The third-order valence-corrected chi connectivity index (χ3v) is 3.89. The van der Waals surface area contributed by atoms with Crippen LogP contribution in [0.15, 0.2) is 30.3 Å². The van der Waals surface area contributed by atoms with Crippen molar-refractivity contribution in [3.63, 3.8) is 0 Å².